The maximum atomic E-state index is 5.72. The van der Waals surface area contributed by atoms with Gasteiger partial charge < -0.3 is 5.73 Å². The molecule has 0 radical (unpaired) electrons. The van der Waals surface area contributed by atoms with E-state index in [0.29, 0.717) is 6.54 Å². The predicted octanol–water partition coefficient (Wildman–Crippen LogP) is 1.85. The summed E-state index contributed by atoms with van der Waals surface area (Å²) in [5.74, 6) is 0. The highest BCUT2D eigenvalue weighted by Crippen LogP contribution is 2.25. The quantitative estimate of drug-likeness (QED) is 0.806. The van der Waals surface area contributed by atoms with Gasteiger partial charge in [0.1, 0.15) is 0 Å². The molecule has 0 amide bonds. The van der Waals surface area contributed by atoms with Gasteiger partial charge in [-0.1, -0.05) is 24.3 Å². The summed E-state index contributed by atoms with van der Waals surface area (Å²) < 4.78 is 1.88. The first kappa shape index (κ1) is 9.93. The molecule has 0 saturated heterocycles. The van der Waals surface area contributed by atoms with Gasteiger partial charge in [0.25, 0.3) is 0 Å². The van der Waals surface area contributed by atoms with Crippen molar-refractivity contribution in [2.24, 2.45) is 12.8 Å². The van der Waals surface area contributed by atoms with Gasteiger partial charge in [0, 0.05) is 24.8 Å². The third kappa shape index (κ3) is 1.66. The zero-order valence-electron chi connectivity index (χ0n) is 9.07. The Balaban J connectivity index is 2.58. The van der Waals surface area contributed by atoms with Crippen LogP contribution in [0, 0.1) is 6.92 Å². The maximum Gasteiger partial charge on any atom is 0.0571 e. The van der Waals surface area contributed by atoms with Crippen LogP contribution in [0.2, 0.25) is 0 Å². The van der Waals surface area contributed by atoms with Gasteiger partial charge in [-0.3, -0.25) is 4.68 Å². The van der Waals surface area contributed by atoms with Crippen molar-refractivity contribution in [3.8, 4) is 11.1 Å². The summed E-state index contributed by atoms with van der Waals surface area (Å²) in [5.41, 5.74) is 10.4. The van der Waals surface area contributed by atoms with Crippen LogP contribution in [-0.4, -0.2) is 9.78 Å². The summed E-state index contributed by atoms with van der Waals surface area (Å²) in [6.07, 6.45) is 1.89. The van der Waals surface area contributed by atoms with Crippen molar-refractivity contribution in [1.82, 2.24) is 9.78 Å². The fourth-order valence-electron chi connectivity index (χ4n) is 1.72. The number of benzene rings is 1. The maximum absolute atomic E-state index is 5.72. The Bertz CT molecular complexity index is 471. The van der Waals surface area contributed by atoms with E-state index >= 15 is 0 Å². The van der Waals surface area contributed by atoms with Crippen molar-refractivity contribution < 1.29 is 0 Å². The third-order valence-electron chi connectivity index (χ3n) is 2.76. The molecule has 3 heteroatoms. The van der Waals surface area contributed by atoms with Gasteiger partial charge in [0.15, 0.2) is 0 Å². The molecular weight excluding hydrogens is 186 g/mol. The van der Waals surface area contributed by atoms with Gasteiger partial charge in [0.2, 0.25) is 0 Å². The zero-order chi connectivity index (χ0) is 10.8. The van der Waals surface area contributed by atoms with Gasteiger partial charge >= 0.3 is 0 Å². The van der Waals surface area contributed by atoms with Crippen LogP contribution in [0.1, 0.15) is 11.3 Å². The molecule has 3 nitrogen and oxygen atoms in total. The fraction of sp³-hybridized carbons (Fsp3) is 0.250. The number of hydrogen-bond donors (Lipinski definition) is 1. The van der Waals surface area contributed by atoms with Crippen molar-refractivity contribution in [2.75, 3.05) is 0 Å². The minimum atomic E-state index is 0.560. The van der Waals surface area contributed by atoms with E-state index < -0.39 is 0 Å². The average Bonchev–Trinajstić information content (AvgIpc) is 2.60. The minimum Gasteiger partial charge on any atom is -0.326 e. The molecule has 78 valence electrons. The Morgan fingerprint density at radius 1 is 1.27 bits per heavy atom. The SMILES string of the molecule is Cc1c(-c2ccccc2CN)cnn1C. The lowest BCUT2D eigenvalue weighted by Gasteiger charge is -2.06. The van der Waals surface area contributed by atoms with E-state index in [9.17, 15) is 0 Å². The van der Waals surface area contributed by atoms with E-state index in [1.165, 1.54) is 11.1 Å². The van der Waals surface area contributed by atoms with Crippen LogP contribution >= 0.6 is 0 Å². The molecule has 0 fully saturated rings. The van der Waals surface area contributed by atoms with Crippen LogP contribution in [0.3, 0.4) is 0 Å². The number of nitrogens with two attached hydrogens (primary N) is 1. The Hall–Kier alpha value is -1.61. The smallest absolute Gasteiger partial charge is 0.0571 e. The van der Waals surface area contributed by atoms with E-state index in [-0.39, 0.29) is 0 Å². The van der Waals surface area contributed by atoms with Gasteiger partial charge in [-0.2, -0.15) is 5.10 Å². The largest absolute Gasteiger partial charge is 0.326 e. The summed E-state index contributed by atoms with van der Waals surface area (Å²) >= 11 is 0. The van der Waals surface area contributed by atoms with Crippen molar-refractivity contribution in [1.29, 1.82) is 0 Å². The van der Waals surface area contributed by atoms with E-state index in [4.69, 9.17) is 5.73 Å². The highest BCUT2D eigenvalue weighted by atomic mass is 15.3. The van der Waals surface area contributed by atoms with Crippen molar-refractivity contribution >= 4 is 0 Å². The number of aromatic nitrogens is 2. The topological polar surface area (TPSA) is 43.8 Å². The number of aryl methyl sites for hydroxylation is 1. The Labute approximate surface area is 89.5 Å². The lowest BCUT2D eigenvalue weighted by atomic mass is 10.0. The second-order valence-electron chi connectivity index (χ2n) is 3.63. The van der Waals surface area contributed by atoms with Crippen LogP contribution in [0.15, 0.2) is 30.5 Å². The molecule has 0 saturated carbocycles. The number of rotatable bonds is 2. The van der Waals surface area contributed by atoms with E-state index in [0.717, 1.165) is 11.3 Å². The summed E-state index contributed by atoms with van der Waals surface area (Å²) in [6.45, 7) is 2.63. The second-order valence-corrected chi connectivity index (χ2v) is 3.63. The zero-order valence-corrected chi connectivity index (χ0v) is 9.07. The molecule has 0 bridgehead atoms. The number of hydrogen-bond acceptors (Lipinski definition) is 2. The summed E-state index contributed by atoms with van der Waals surface area (Å²) in [4.78, 5) is 0. The molecule has 0 aliphatic carbocycles. The van der Waals surface area contributed by atoms with Gasteiger partial charge in [-0.25, -0.2) is 0 Å². The lowest BCUT2D eigenvalue weighted by Crippen LogP contribution is -1.99. The monoisotopic (exact) mass is 201 g/mol. The summed E-state index contributed by atoms with van der Waals surface area (Å²) in [7, 11) is 1.95. The van der Waals surface area contributed by atoms with Crippen LogP contribution < -0.4 is 5.73 Å². The van der Waals surface area contributed by atoms with Crippen LogP contribution in [0.25, 0.3) is 11.1 Å². The molecule has 1 aromatic heterocycles. The Morgan fingerprint density at radius 3 is 2.60 bits per heavy atom. The summed E-state index contributed by atoms with van der Waals surface area (Å²) in [6, 6.07) is 8.19. The molecule has 0 atom stereocenters. The van der Waals surface area contributed by atoms with Crippen molar-refractivity contribution in [3.05, 3.63) is 41.7 Å². The molecule has 0 unspecified atom stereocenters. The van der Waals surface area contributed by atoms with Crippen molar-refractivity contribution in [2.45, 2.75) is 13.5 Å². The molecule has 0 spiro atoms. The van der Waals surface area contributed by atoms with E-state index in [1.54, 1.807) is 0 Å². The molecule has 1 aromatic carbocycles. The van der Waals surface area contributed by atoms with E-state index in [1.807, 2.05) is 30.1 Å². The van der Waals surface area contributed by atoms with Gasteiger partial charge in [0.05, 0.1) is 6.20 Å². The normalized spacial score (nSPS) is 10.6. The molecule has 0 aliphatic heterocycles. The molecule has 2 aromatic rings. The van der Waals surface area contributed by atoms with Crippen molar-refractivity contribution in [3.63, 3.8) is 0 Å². The predicted molar refractivity (Wildman–Crippen MR) is 61.3 cm³/mol. The first-order valence-corrected chi connectivity index (χ1v) is 5.01. The van der Waals surface area contributed by atoms with Gasteiger partial charge in [-0.05, 0) is 18.1 Å². The second kappa shape index (κ2) is 3.87. The molecule has 0 aliphatic rings. The third-order valence-corrected chi connectivity index (χ3v) is 2.76. The first-order chi connectivity index (χ1) is 7.24. The Morgan fingerprint density at radius 2 is 2.00 bits per heavy atom. The van der Waals surface area contributed by atoms with Crippen LogP contribution in [0.5, 0.6) is 0 Å². The molecule has 2 rings (SSSR count). The van der Waals surface area contributed by atoms with E-state index in [2.05, 4.69) is 24.2 Å². The van der Waals surface area contributed by atoms with Crippen LogP contribution in [0.4, 0.5) is 0 Å². The molecular formula is C12H15N3. The highest BCUT2D eigenvalue weighted by Gasteiger charge is 2.08. The lowest BCUT2D eigenvalue weighted by molar-refractivity contribution is 0.740. The minimum absolute atomic E-state index is 0.560. The first-order valence-electron chi connectivity index (χ1n) is 5.01. The number of nitrogens with zero attached hydrogens (tertiary/aromatic N) is 2. The molecule has 15 heavy (non-hydrogen) atoms. The molecule has 2 N–H and O–H groups in total. The van der Waals surface area contributed by atoms with Gasteiger partial charge in [-0.15, -0.1) is 0 Å². The molecule has 1 heterocycles. The average molecular weight is 201 g/mol. The standard InChI is InChI=1S/C12H15N3/c1-9-12(8-14-15(9)2)11-6-4-3-5-10(11)7-13/h3-6,8H,7,13H2,1-2H3. The fourth-order valence-corrected chi connectivity index (χ4v) is 1.72. The van der Waals surface area contributed by atoms with Crippen LogP contribution in [-0.2, 0) is 13.6 Å². The Kier molecular flexibility index (Phi) is 2.56. The summed E-state index contributed by atoms with van der Waals surface area (Å²) in [5, 5.41) is 4.24. The highest BCUT2D eigenvalue weighted by molar-refractivity contribution is 5.68.